The van der Waals surface area contributed by atoms with E-state index in [1.54, 1.807) is 17.9 Å². The highest BCUT2D eigenvalue weighted by Gasteiger charge is 2.56. The van der Waals surface area contributed by atoms with E-state index in [9.17, 15) is 22.8 Å². The third-order valence-electron chi connectivity index (χ3n) is 5.35. The molecular formula is C19H18F3N3O4. The van der Waals surface area contributed by atoms with Crippen LogP contribution in [0.5, 0.6) is 5.75 Å². The molecule has 0 radical (unpaired) electrons. The first-order valence-corrected chi connectivity index (χ1v) is 8.92. The van der Waals surface area contributed by atoms with E-state index in [1.807, 2.05) is 0 Å². The number of methoxy groups -OCH3 is 1. The number of carbonyl (C=O) groups is 2. The molecule has 2 aromatic rings. The number of esters is 1. The molecule has 1 aliphatic heterocycles. The number of alkyl halides is 3. The van der Waals surface area contributed by atoms with Gasteiger partial charge in [0.15, 0.2) is 6.04 Å². The minimum atomic E-state index is -4.78. The smallest absolute Gasteiger partial charge is 0.467 e. The molecule has 2 aliphatic rings. The van der Waals surface area contributed by atoms with Gasteiger partial charge in [-0.15, -0.1) is 13.2 Å². The molecule has 1 aromatic heterocycles. The summed E-state index contributed by atoms with van der Waals surface area (Å²) in [5.41, 5.74) is 0.971. The lowest BCUT2D eigenvalue weighted by atomic mass is 9.93. The molecule has 0 N–H and O–H groups in total. The Morgan fingerprint density at radius 3 is 2.41 bits per heavy atom. The SMILES string of the molecule is COC(=O)C1c2cn(C)nc2CN1C(=O)C1(c2ccc(OC(F)(F)F)cc2)CC1. The van der Waals surface area contributed by atoms with Crippen LogP contribution in [-0.4, -0.2) is 40.0 Å². The summed E-state index contributed by atoms with van der Waals surface area (Å²) in [7, 11) is 2.98. The summed E-state index contributed by atoms with van der Waals surface area (Å²) in [6, 6.07) is 4.41. The lowest BCUT2D eigenvalue weighted by Gasteiger charge is -2.28. The van der Waals surface area contributed by atoms with Gasteiger partial charge >= 0.3 is 12.3 Å². The number of rotatable bonds is 4. The maximum Gasteiger partial charge on any atom is 0.573 e. The second kappa shape index (κ2) is 6.50. The number of aromatic nitrogens is 2. The highest BCUT2D eigenvalue weighted by molar-refractivity contribution is 5.95. The molecule has 1 unspecified atom stereocenters. The van der Waals surface area contributed by atoms with Gasteiger partial charge in [0, 0.05) is 18.8 Å². The molecule has 29 heavy (non-hydrogen) atoms. The summed E-state index contributed by atoms with van der Waals surface area (Å²) < 4.78 is 47.5. The molecule has 0 bridgehead atoms. The van der Waals surface area contributed by atoms with Crippen LogP contribution in [0.2, 0.25) is 0 Å². The molecule has 4 rings (SSSR count). The van der Waals surface area contributed by atoms with Crippen molar-refractivity contribution in [3.8, 4) is 5.75 Å². The summed E-state index contributed by atoms with van der Waals surface area (Å²) in [6.45, 7) is 0.172. The fraction of sp³-hybridized carbons (Fsp3) is 0.421. The Kier molecular flexibility index (Phi) is 4.32. The van der Waals surface area contributed by atoms with Crippen LogP contribution in [0.3, 0.4) is 0 Å². The largest absolute Gasteiger partial charge is 0.573 e. The van der Waals surface area contributed by atoms with Crippen LogP contribution >= 0.6 is 0 Å². The van der Waals surface area contributed by atoms with Crippen molar-refractivity contribution < 1.29 is 32.2 Å². The molecule has 0 saturated heterocycles. The Balaban J connectivity index is 1.60. The first-order valence-electron chi connectivity index (χ1n) is 8.92. The van der Waals surface area contributed by atoms with E-state index in [0.29, 0.717) is 29.7 Å². The third kappa shape index (κ3) is 3.32. The van der Waals surface area contributed by atoms with Crippen molar-refractivity contribution in [1.29, 1.82) is 0 Å². The van der Waals surface area contributed by atoms with Gasteiger partial charge in [0.25, 0.3) is 0 Å². The van der Waals surface area contributed by atoms with Crippen molar-refractivity contribution in [2.45, 2.75) is 37.2 Å². The van der Waals surface area contributed by atoms with Gasteiger partial charge < -0.3 is 14.4 Å². The van der Waals surface area contributed by atoms with Gasteiger partial charge in [0.2, 0.25) is 5.91 Å². The van der Waals surface area contributed by atoms with E-state index in [1.165, 1.54) is 36.3 Å². The maximum absolute atomic E-state index is 13.4. The van der Waals surface area contributed by atoms with Crippen LogP contribution in [0.1, 0.15) is 35.7 Å². The van der Waals surface area contributed by atoms with Crippen LogP contribution in [0, 0.1) is 0 Å². The van der Waals surface area contributed by atoms with Crippen LogP contribution in [0.15, 0.2) is 30.5 Å². The van der Waals surface area contributed by atoms with E-state index in [0.717, 1.165) is 0 Å². The van der Waals surface area contributed by atoms with Gasteiger partial charge in [0.05, 0.1) is 24.8 Å². The van der Waals surface area contributed by atoms with E-state index in [-0.39, 0.29) is 18.2 Å². The lowest BCUT2D eigenvalue weighted by Crippen LogP contribution is -2.41. The number of nitrogens with zero attached hydrogens (tertiary/aromatic N) is 3. The van der Waals surface area contributed by atoms with Crippen molar-refractivity contribution in [2.24, 2.45) is 7.05 Å². The van der Waals surface area contributed by atoms with Crippen molar-refractivity contribution >= 4 is 11.9 Å². The Morgan fingerprint density at radius 1 is 1.21 bits per heavy atom. The Hall–Kier alpha value is -3.04. The molecular weight excluding hydrogens is 391 g/mol. The monoisotopic (exact) mass is 409 g/mol. The average molecular weight is 409 g/mol. The number of benzene rings is 1. The zero-order valence-electron chi connectivity index (χ0n) is 15.7. The van der Waals surface area contributed by atoms with Gasteiger partial charge in [-0.05, 0) is 30.5 Å². The first-order chi connectivity index (χ1) is 13.6. The summed E-state index contributed by atoms with van der Waals surface area (Å²) in [5.74, 6) is -1.18. The normalized spacial score (nSPS) is 19.6. The Labute approximate surface area is 164 Å². The van der Waals surface area contributed by atoms with Crippen molar-refractivity contribution in [3.63, 3.8) is 0 Å². The summed E-state index contributed by atoms with van der Waals surface area (Å²) in [4.78, 5) is 27.2. The predicted molar refractivity (Wildman–Crippen MR) is 92.6 cm³/mol. The minimum Gasteiger partial charge on any atom is -0.467 e. The molecule has 1 aliphatic carbocycles. The average Bonchev–Trinajstić information content (AvgIpc) is 3.28. The number of hydrogen-bond donors (Lipinski definition) is 0. The second-order valence-corrected chi connectivity index (χ2v) is 7.22. The fourth-order valence-electron chi connectivity index (χ4n) is 3.88. The van der Waals surface area contributed by atoms with E-state index in [4.69, 9.17) is 4.74 Å². The fourth-order valence-corrected chi connectivity index (χ4v) is 3.88. The molecule has 1 aromatic carbocycles. The van der Waals surface area contributed by atoms with Gasteiger partial charge in [0.1, 0.15) is 5.75 Å². The van der Waals surface area contributed by atoms with Crippen molar-refractivity contribution in [3.05, 3.63) is 47.3 Å². The highest BCUT2D eigenvalue weighted by atomic mass is 19.4. The molecule has 7 nitrogen and oxygen atoms in total. The summed E-state index contributed by atoms with van der Waals surface area (Å²) in [5, 5.41) is 4.30. The molecule has 1 fully saturated rings. The molecule has 0 spiro atoms. The van der Waals surface area contributed by atoms with E-state index >= 15 is 0 Å². The third-order valence-corrected chi connectivity index (χ3v) is 5.35. The summed E-state index contributed by atoms with van der Waals surface area (Å²) >= 11 is 0. The second-order valence-electron chi connectivity index (χ2n) is 7.22. The molecule has 1 saturated carbocycles. The number of carbonyl (C=O) groups excluding carboxylic acids is 2. The zero-order valence-corrected chi connectivity index (χ0v) is 15.7. The molecule has 1 amide bonds. The van der Waals surface area contributed by atoms with Crippen LogP contribution in [0.25, 0.3) is 0 Å². The number of hydrogen-bond acceptors (Lipinski definition) is 5. The van der Waals surface area contributed by atoms with Gasteiger partial charge in [-0.25, -0.2) is 4.79 Å². The molecule has 10 heteroatoms. The zero-order chi connectivity index (χ0) is 21.0. The molecule has 154 valence electrons. The van der Waals surface area contributed by atoms with Gasteiger partial charge in [-0.2, -0.15) is 5.10 Å². The topological polar surface area (TPSA) is 73.7 Å². The van der Waals surface area contributed by atoms with Gasteiger partial charge in [-0.3, -0.25) is 9.48 Å². The number of aryl methyl sites for hydroxylation is 1. The van der Waals surface area contributed by atoms with E-state index < -0.39 is 23.8 Å². The predicted octanol–water partition coefficient (Wildman–Crippen LogP) is 2.61. The van der Waals surface area contributed by atoms with Crippen LogP contribution in [-0.2, 0) is 33.3 Å². The quantitative estimate of drug-likeness (QED) is 0.726. The number of fused-ring (bicyclic) bond motifs is 1. The number of ether oxygens (including phenoxy) is 2. The minimum absolute atomic E-state index is 0.172. The van der Waals surface area contributed by atoms with Crippen molar-refractivity contribution in [2.75, 3.05) is 7.11 Å². The van der Waals surface area contributed by atoms with Crippen molar-refractivity contribution in [1.82, 2.24) is 14.7 Å². The standard InChI is InChI=1S/C19H18F3N3O4/c1-24-9-13-14(23-24)10-25(15(13)16(26)28-2)17(27)18(7-8-18)11-3-5-12(6-4-11)29-19(20,21)22/h3-6,9,15H,7-8,10H2,1-2H3. The number of amides is 1. The maximum atomic E-state index is 13.4. The van der Waals surface area contributed by atoms with Gasteiger partial charge in [-0.1, -0.05) is 12.1 Å². The molecule has 1 atom stereocenters. The van der Waals surface area contributed by atoms with Crippen LogP contribution < -0.4 is 4.74 Å². The number of halogens is 3. The first kappa shape index (κ1) is 19.3. The summed E-state index contributed by atoms with van der Waals surface area (Å²) in [6.07, 6.45) is -2.01. The highest BCUT2D eigenvalue weighted by Crippen LogP contribution is 2.52. The van der Waals surface area contributed by atoms with E-state index in [2.05, 4.69) is 9.84 Å². The Bertz CT molecular complexity index is 964. The lowest BCUT2D eigenvalue weighted by molar-refractivity contribution is -0.274. The molecule has 2 heterocycles. The Morgan fingerprint density at radius 2 is 1.86 bits per heavy atom. The van der Waals surface area contributed by atoms with Crippen LogP contribution in [0.4, 0.5) is 13.2 Å².